The Morgan fingerprint density at radius 1 is 0.963 bits per heavy atom. The highest BCUT2D eigenvalue weighted by molar-refractivity contribution is 5.78. The summed E-state index contributed by atoms with van der Waals surface area (Å²) in [5.74, 6) is 1.02. The van der Waals surface area contributed by atoms with Gasteiger partial charge >= 0.3 is 0 Å². The number of nitrogens with one attached hydrogen (secondary N) is 1. The van der Waals surface area contributed by atoms with Crippen molar-refractivity contribution in [1.29, 1.82) is 0 Å². The van der Waals surface area contributed by atoms with Crippen LogP contribution in [0, 0.1) is 0 Å². The van der Waals surface area contributed by atoms with Crippen LogP contribution >= 0.6 is 0 Å². The molecule has 0 saturated carbocycles. The van der Waals surface area contributed by atoms with Crippen molar-refractivity contribution in [3.8, 4) is 5.75 Å². The first kappa shape index (κ1) is 18.1. The molecule has 1 amide bonds. The van der Waals surface area contributed by atoms with Gasteiger partial charge in [0.1, 0.15) is 5.75 Å². The Kier molecular flexibility index (Phi) is 5.73. The number of hydrogen-bond acceptors (Lipinski definition) is 3. The Balaban J connectivity index is 1.25. The maximum absolute atomic E-state index is 12.3. The van der Waals surface area contributed by atoms with Crippen LogP contribution in [-0.2, 0) is 30.7 Å². The van der Waals surface area contributed by atoms with Gasteiger partial charge in [0.25, 0.3) is 0 Å². The minimum atomic E-state index is 0.0614. The van der Waals surface area contributed by atoms with Crippen molar-refractivity contribution < 1.29 is 9.53 Å². The third kappa shape index (κ3) is 4.89. The molecular weight excluding hydrogens is 336 g/mol. The molecule has 0 atom stereocenters. The zero-order valence-corrected chi connectivity index (χ0v) is 15.9. The Bertz CT molecular complexity index is 779. The van der Waals surface area contributed by atoms with E-state index < -0.39 is 0 Å². The molecule has 1 N–H and O–H groups in total. The highest BCUT2D eigenvalue weighted by atomic mass is 16.5. The van der Waals surface area contributed by atoms with Crippen LogP contribution in [-0.4, -0.2) is 30.5 Å². The average molecular weight is 364 g/mol. The van der Waals surface area contributed by atoms with E-state index in [1.807, 2.05) is 12.1 Å². The summed E-state index contributed by atoms with van der Waals surface area (Å²) in [7, 11) is 0. The molecule has 4 rings (SSSR count). The number of likely N-dealkylation sites (tertiary alicyclic amines) is 1. The van der Waals surface area contributed by atoms with E-state index in [0.717, 1.165) is 36.4 Å². The van der Waals surface area contributed by atoms with Gasteiger partial charge in [0, 0.05) is 19.5 Å². The lowest BCUT2D eigenvalue weighted by atomic mass is 10.1. The van der Waals surface area contributed by atoms with E-state index in [2.05, 4.69) is 40.5 Å². The molecule has 2 aliphatic rings. The standard InChI is InChI=1S/C23H28N2O2/c26-23(15-20-8-9-22-21(14-20)10-13-27-22)24-16-18-4-6-19(7-5-18)17-25-11-2-1-3-12-25/h4-9,14H,1-3,10-13,15-17H2,(H,24,26). The predicted octanol–water partition coefficient (Wildman–Crippen LogP) is 3.47. The summed E-state index contributed by atoms with van der Waals surface area (Å²) in [5, 5.41) is 3.04. The molecule has 1 fully saturated rings. The zero-order valence-electron chi connectivity index (χ0n) is 15.9. The number of rotatable bonds is 6. The van der Waals surface area contributed by atoms with Gasteiger partial charge in [0.2, 0.25) is 5.91 Å². The van der Waals surface area contributed by atoms with Gasteiger partial charge in [0.05, 0.1) is 13.0 Å². The van der Waals surface area contributed by atoms with Gasteiger partial charge in [0.15, 0.2) is 0 Å². The molecule has 2 aliphatic heterocycles. The second kappa shape index (κ2) is 8.57. The van der Waals surface area contributed by atoms with Gasteiger partial charge in [-0.3, -0.25) is 9.69 Å². The van der Waals surface area contributed by atoms with Crippen LogP contribution in [0.1, 0.15) is 41.5 Å². The van der Waals surface area contributed by atoms with E-state index in [-0.39, 0.29) is 5.91 Å². The molecule has 2 aromatic rings. The minimum Gasteiger partial charge on any atom is -0.493 e. The fourth-order valence-electron chi connectivity index (χ4n) is 3.94. The van der Waals surface area contributed by atoms with Gasteiger partial charge in [-0.2, -0.15) is 0 Å². The monoisotopic (exact) mass is 364 g/mol. The normalized spacial score (nSPS) is 16.6. The fraction of sp³-hybridized carbons (Fsp3) is 0.435. The topological polar surface area (TPSA) is 41.6 Å². The van der Waals surface area contributed by atoms with Crippen LogP contribution in [0.3, 0.4) is 0 Å². The molecule has 1 saturated heterocycles. The molecule has 0 aliphatic carbocycles. The largest absolute Gasteiger partial charge is 0.493 e. The van der Waals surface area contributed by atoms with Gasteiger partial charge in [-0.15, -0.1) is 0 Å². The lowest BCUT2D eigenvalue weighted by Gasteiger charge is -2.26. The number of amides is 1. The molecule has 4 nitrogen and oxygen atoms in total. The van der Waals surface area contributed by atoms with Crippen LogP contribution in [0.25, 0.3) is 0 Å². The molecule has 0 aromatic heterocycles. The minimum absolute atomic E-state index is 0.0614. The van der Waals surface area contributed by atoms with E-state index in [0.29, 0.717) is 13.0 Å². The van der Waals surface area contributed by atoms with Crippen molar-refractivity contribution in [3.05, 3.63) is 64.7 Å². The molecule has 0 spiro atoms. The van der Waals surface area contributed by atoms with Gasteiger partial charge < -0.3 is 10.1 Å². The number of benzene rings is 2. The predicted molar refractivity (Wildman–Crippen MR) is 107 cm³/mol. The number of nitrogens with zero attached hydrogens (tertiary/aromatic N) is 1. The molecule has 0 unspecified atom stereocenters. The number of ether oxygens (including phenoxy) is 1. The highest BCUT2D eigenvalue weighted by Crippen LogP contribution is 2.26. The second-order valence-electron chi connectivity index (χ2n) is 7.65. The van der Waals surface area contributed by atoms with Crippen molar-refractivity contribution in [2.45, 2.75) is 45.2 Å². The van der Waals surface area contributed by atoms with E-state index in [4.69, 9.17) is 4.74 Å². The number of hydrogen-bond donors (Lipinski definition) is 1. The van der Waals surface area contributed by atoms with Crippen LogP contribution in [0.4, 0.5) is 0 Å². The van der Waals surface area contributed by atoms with Gasteiger partial charge in [-0.1, -0.05) is 42.8 Å². The van der Waals surface area contributed by atoms with Crippen molar-refractivity contribution in [2.24, 2.45) is 0 Å². The number of carbonyl (C=O) groups excluding carboxylic acids is 1. The second-order valence-corrected chi connectivity index (χ2v) is 7.65. The Morgan fingerprint density at radius 2 is 1.70 bits per heavy atom. The summed E-state index contributed by atoms with van der Waals surface area (Å²) in [4.78, 5) is 14.8. The maximum Gasteiger partial charge on any atom is 0.224 e. The lowest BCUT2D eigenvalue weighted by molar-refractivity contribution is -0.120. The molecule has 0 bridgehead atoms. The average Bonchev–Trinajstić information content (AvgIpc) is 3.16. The summed E-state index contributed by atoms with van der Waals surface area (Å²) in [6.45, 7) is 4.80. The smallest absolute Gasteiger partial charge is 0.224 e. The molecule has 4 heteroatoms. The molecule has 2 aromatic carbocycles. The zero-order chi connectivity index (χ0) is 18.5. The quantitative estimate of drug-likeness (QED) is 0.853. The van der Waals surface area contributed by atoms with Crippen molar-refractivity contribution >= 4 is 5.91 Å². The number of carbonyl (C=O) groups is 1. The van der Waals surface area contributed by atoms with Crippen molar-refractivity contribution in [2.75, 3.05) is 19.7 Å². The molecule has 27 heavy (non-hydrogen) atoms. The van der Waals surface area contributed by atoms with Crippen LogP contribution in [0.5, 0.6) is 5.75 Å². The first-order valence-electron chi connectivity index (χ1n) is 10.1. The van der Waals surface area contributed by atoms with Crippen molar-refractivity contribution in [1.82, 2.24) is 10.2 Å². The summed E-state index contributed by atoms with van der Waals surface area (Å²) >= 11 is 0. The number of fused-ring (bicyclic) bond motifs is 1. The summed E-state index contributed by atoms with van der Waals surface area (Å²) < 4.78 is 5.52. The Labute approximate surface area is 161 Å². The van der Waals surface area contributed by atoms with E-state index >= 15 is 0 Å². The Morgan fingerprint density at radius 3 is 2.52 bits per heavy atom. The van der Waals surface area contributed by atoms with Crippen LogP contribution < -0.4 is 10.1 Å². The van der Waals surface area contributed by atoms with E-state index in [9.17, 15) is 4.79 Å². The molecule has 142 valence electrons. The van der Waals surface area contributed by atoms with Crippen LogP contribution in [0.2, 0.25) is 0 Å². The van der Waals surface area contributed by atoms with E-state index in [1.54, 1.807) is 0 Å². The van der Waals surface area contributed by atoms with Gasteiger partial charge in [-0.05, 0) is 54.3 Å². The first-order chi connectivity index (χ1) is 13.3. The third-order valence-electron chi connectivity index (χ3n) is 5.49. The van der Waals surface area contributed by atoms with Gasteiger partial charge in [-0.25, -0.2) is 0 Å². The number of piperidine rings is 1. The summed E-state index contributed by atoms with van der Waals surface area (Å²) in [5.41, 5.74) is 4.76. The summed E-state index contributed by atoms with van der Waals surface area (Å²) in [6.07, 6.45) is 5.37. The molecule has 2 heterocycles. The molecule has 0 radical (unpaired) electrons. The van der Waals surface area contributed by atoms with Crippen molar-refractivity contribution in [3.63, 3.8) is 0 Å². The van der Waals surface area contributed by atoms with E-state index in [1.165, 1.54) is 43.5 Å². The molecular formula is C23H28N2O2. The van der Waals surface area contributed by atoms with Crippen LogP contribution in [0.15, 0.2) is 42.5 Å². The highest BCUT2D eigenvalue weighted by Gasteiger charge is 2.13. The third-order valence-corrected chi connectivity index (χ3v) is 5.49. The lowest BCUT2D eigenvalue weighted by Crippen LogP contribution is -2.29. The fourth-order valence-corrected chi connectivity index (χ4v) is 3.94. The maximum atomic E-state index is 12.3. The first-order valence-corrected chi connectivity index (χ1v) is 10.1. The summed E-state index contributed by atoms with van der Waals surface area (Å²) in [6, 6.07) is 14.7. The Hall–Kier alpha value is -2.33. The SMILES string of the molecule is O=C(Cc1ccc2c(c1)CCO2)NCc1ccc(CN2CCCCC2)cc1.